The number of alkyl halides is 1. The van der Waals surface area contributed by atoms with Crippen LogP contribution in [0.2, 0.25) is 0 Å². The molecule has 1 aromatic rings. The minimum atomic E-state index is -0.527. The summed E-state index contributed by atoms with van der Waals surface area (Å²) in [4.78, 5) is 13.3. The molecule has 18 heavy (non-hydrogen) atoms. The topological polar surface area (TPSA) is 52.6 Å². The second-order valence-corrected chi connectivity index (χ2v) is 4.82. The Bertz CT molecular complexity index is 399. The third kappa shape index (κ3) is 3.45. The fourth-order valence-electron chi connectivity index (χ4n) is 2.22. The van der Waals surface area contributed by atoms with E-state index >= 15 is 0 Å². The van der Waals surface area contributed by atoms with E-state index in [1.807, 2.05) is 18.2 Å². The highest BCUT2D eigenvalue weighted by molar-refractivity contribution is 6.27. The first-order chi connectivity index (χ1) is 8.69. The second kappa shape index (κ2) is 6.18. The molecule has 0 aromatic heterocycles. The summed E-state index contributed by atoms with van der Waals surface area (Å²) in [6.45, 7) is 2.01. The summed E-state index contributed by atoms with van der Waals surface area (Å²) in [5, 5.41) is 12.6. The number of rotatable bonds is 4. The van der Waals surface area contributed by atoms with E-state index in [1.165, 1.54) is 5.56 Å². The van der Waals surface area contributed by atoms with E-state index in [-0.39, 0.29) is 17.8 Å². The first-order valence-electron chi connectivity index (χ1n) is 5.98. The average molecular weight is 269 g/mol. The lowest BCUT2D eigenvalue weighted by Gasteiger charge is -2.16. The van der Waals surface area contributed by atoms with Crippen LogP contribution in [0.4, 0.5) is 0 Å². The molecule has 1 amide bonds. The standard InChI is InChI=1S/C13H17ClN2O2/c14-6-13(18)15-11-8-16(9-12(11)17)7-10-4-2-1-3-5-10/h1-5,11-12,17H,6-9H2,(H,15,18)/t11-,12+/m0/s1. The van der Waals surface area contributed by atoms with Gasteiger partial charge in [0.15, 0.2) is 0 Å². The van der Waals surface area contributed by atoms with Crippen molar-refractivity contribution >= 4 is 17.5 Å². The summed E-state index contributed by atoms with van der Waals surface area (Å²) in [6, 6.07) is 9.85. The molecule has 2 rings (SSSR count). The number of carbonyl (C=O) groups excluding carboxylic acids is 1. The van der Waals surface area contributed by atoms with E-state index in [1.54, 1.807) is 0 Å². The fourth-order valence-corrected chi connectivity index (χ4v) is 2.30. The van der Waals surface area contributed by atoms with Gasteiger partial charge in [0.2, 0.25) is 5.91 Å². The van der Waals surface area contributed by atoms with Crippen LogP contribution in [0, 0.1) is 0 Å². The van der Waals surface area contributed by atoms with Gasteiger partial charge in [-0.2, -0.15) is 0 Å². The van der Waals surface area contributed by atoms with Gasteiger partial charge in [0.05, 0.1) is 12.1 Å². The van der Waals surface area contributed by atoms with Crippen LogP contribution in [-0.2, 0) is 11.3 Å². The molecule has 1 saturated heterocycles. The van der Waals surface area contributed by atoms with Crippen LogP contribution in [0.5, 0.6) is 0 Å². The smallest absolute Gasteiger partial charge is 0.235 e. The zero-order chi connectivity index (χ0) is 13.0. The molecule has 0 bridgehead atoms. The van der Waals surface area contributed by atoms with E-state index in [2.05, 4.69) is 22.3 Å². The van der Waals surface area contributed by atoms with E-state index in [0.717, 1.165) is 6.54 Å². The Morgan fingerprint density at radius 1 is 1.39 bits per heavy atom. The van der Waals surface area contributed by atoms with Crippen LogP contribution in [0.15, 0.2) is 30.3 Å². The van der Waals surface area contributed by atoms with Crippen molar-refractivity contribution in [1.82, 2.24) is 10.2 Å². The lowest BCUT2D eigenvalue weighted by Crippen LogP contribution is -2.43. The molecule has 1 aliphatic rings. The summed E-state index contributed by atoms with van der Waals surface area (Å²) in [5.41, 5.74) is 1.20. The van der Waals surface area contributed by atoms with Crippen LogP contribution in [-0.4, -0.2) is 47.0 Å². The molecule has 4 nitrogen and oxygen atoms in total. The molecular formula is C13H17ClN2O2. The molecule has 0 unspecified atom stereocenters. The largest absolute Gasteiger partial charge is 0.390 e. The molecule has 0 spiro atoms. The minimum absolute atomic E-state index is 0.0676. The maximum absolute atomic E-state index is 11.2. The summed E-state index contributed by atoms with van der Waals surface area (Å²) in [7, 11) is 0. The number of nitrogens with one attached hydrogen (secondary N) is 1. The molecule has 0 aliphatic carbocycles. The van der Waals surface area contributed by atoms with Gasteiger partial charge in [0.25, 0.3) is 0 Å². The number of aliphatic hydroxyl groups excluding tert-OH is 1. The van der Waals surface area contributed by atoms with Gasteiger partial charge in [0.1, 0.15) is 5.88 Å². The van der Waals surface area contributed by atoms with Gasteiger partial charge in [0, 0.05) is 19.6 Å². The predicted molar refractivity (Wildman–Crippen MR) is 70.4 cm³/mol. The molecule has 0 saturated carbocycles. The van der Waals surface area contributed by atoms with Gasteiger partial charge >= 0.3 is 0 Å². The van der Waals surface area contributed by atoms with Crippen molar-refractivity contribution in [3.05, 3.63) is 35.9 Å². The second-order valence-electron chi connectivity index (χ2n) is 4.55. The first kappa shape index (κ1) is 13.3. The van der Waals surface area contributed by atoms with Crippen LogP contribution >= 0.6 is 11.6 Å². The highest BCUT2D eigenvalue weighted by atomic mass is 35.5. The van der Waals surface area contributed by atoms with Gasteiger partial charge in [-0.25, -0.2) is 0 Å². The Hall–Kier alpha value is -1.10. The molecule has 1 aromatic carbocycles. The number of β-amino-alcohol motifs (C(OH)–C–C–N with tert-alkyl or cyclic N) is 1. The number of likely N-dealkylation sites (tertiary alicyclic amines) is 1. The maximum Gasteiger partial charge on any atom is 0.235 e. The van der Waals surface area contributed by atoms with E-state index in [9.17, 15) is 9.90 Å². The Morgan fingerprint density at radius 3 is 2.78 bits per heavy atom. The number of amides is 1. The number of carbonyl (C=O) groups is 1. The summed E-state index contributed by atoms with van der Waals surface area (Å²) >= 11 is 5.44. The molecule has 1 heterocycles. The number of benzene rings is 1. The van der Waals surface area contributed by atoms with Crippen LogP contribution in [0.3, 0.4) is 0 Å². The van der Waals surface area contributed by atoms with Crippen molar-refractivity contribution in [3.8, 4) is 0 Å². The lowest BCUT2D eigenvalue weighted by molar-refractivity contribution is -0.119. The van der Waals surface area contributed by atoms with Crippen molar-refractivity contribution in [3.63, 3.8) is 0 Å². The average Bonchev–Trinajstić information content (AvgIpc) is 2.70. The Balaban J connectivity index is 1.88. The monoisotopic (exact) mass is 268 g/mol. The van der Waals surface area contributed by atoms with Crippen molar-refractivity contribution in [2.24, 2.45) is 0 Å². The van der Waals surface area contributed by atoms with Gasteiger partial charge < -0.3 is 10.4 Å². The predicted octanol–water partition coefficient (Wildman–Crippen LogP) is 0.587. The normalized spacial score (nSPS) is 24.1. The maximum atomic E-state index is 11.2. The van der Waals surface area contributed by atoms with Gasteiger partial charge in [-0.1, -0.05) is 30.3 Å². The third-order valence-corrected chi connectivity index (χ3v) is 3.32. The minimum Gasteiger partial charge on any atom is -0.390 e. The summed E-state index contributed by atoms with van der Waals surface area (Å²) < 4.78 is 0. The summed E-state index contributed by atoms with van der Waals surface area (Å²) in [6.07, 6.45) is -0.527. The van der Waals surface area contributed by atoms with Crippen molar-refractivity contribution in [2.45, 2.75) is 18.7 Å². The fraction of sp³-hybridized carbons (Fsp3) is 0.462. The van der Waals surface area contributed by atoms with Crippen LogP contribution in [0.1, 0.15) is 5.56 Å². The highest BCUT2D eigenvalue weighted by Gasteiger charge is 2.31. The zero-order valence-electron chi connectivity index (χ0n) is 10.1. The molecular weight excluding hydrogens is 252 g/mol. The molecule has 98 valence electrons. The van der Waals surface area contributed by atoms with E-state index in [4.69, 9.17) is 11.6 Å². The zero-order valence-corrected chi connectivity index (χ0v) is 10.8. The molecule has 1 fully saturated rings. The highest BCUT2D eigenvalue weighted by Crippen LogP contribution is 2.14. The molecule has 0 radical (unpaired) electrons. The molecule has 1 aliphatic heterocycles. The number of aliphatic hydroxyl groups is 1. The number of hydrogen-bond acceptors (Lipinski definition) is 3. The van der Waals surface area contributed by atoms with E-state index in [0.29, 0.717) is 13.1 Å². The summed E-state index contributed by atoms with van der Waals surface area (Å²) in [5.74, 6) is -0.302. The van der Waals surface area contributed by atoms with Gasteiger partial charge in [-0.05, 0) is 5.56 Å². The SMILES string of the molecule is O=C(CCl)N[C@H]1CN(Cc2ccccc2)C[C@H]1O. The molecule has 2 atom stereocenters. The Morgan fingerprint density at radius 2 is 2.11 bits per heavy atom. The Labute approximate surface area is 112 Å². The van der Waals surface area contributed by atoms with Crippen LogP contribution in [0.25, 0.3) is 0 Å². The quantitative estimate of drug-likeness (QED) is 0.786. The Kier molecular flexibility index (Phi) is 4.58. The van der Waals surface area contributed by atoms with Gasteiger partial charge in [-0.15, -0.1) is 11.6 Å². The van der Waals surface area contributed by atoms with Crippen molar-refractivity contribution < 1.29 is 9.90 Å². The number of halogens is 1. The first-order valence-corrected chi connectivity index (χ1v) is 6.52. The van der Waals surface area contributed by atoms with Crippen molar-refractivity contribution in [1.29, 1.82) is 0 Å². The van der Waals surface area contributed by atoms with Gasteiger partial charge in [-0.3, -0.25) is 9.69 Å². The van der Waals surface area contributed by atoms with E-state index < -0.39 is 6.10 Å². The van der Waals surface area contributed by atoms with Crippen molar-refractivity contribution in [2.75, 3.05) is 19.0 Å². The lowest BCUT2D eigenvalue weighted by atomic mass is 10.2. The van der Waals surface area contributed by atoms with Crippen LogP contribution < -0.4 is 5.32 Å². The number of nitrogens with zero attached hydrogens (tertiary/aromatic N) is 1. The third-order valence-electron chi connectivity index (χ3n) is 3.08. The number of hydrogen-bond donors (Lipinski definition) is 2. The molecule has 2 N–H and O–H groups in total. The molecule has 5 heteroatoms.